The van der Waals surface area contributed by atoms with Gasteiger partial charge in [0.05, 0.1) is 6.61 Å². The topological polar surface area (TPSA) is 21.3 Å². The van der Waals surface area contributed by atoms with Crippen LogP contribution in [0.3, 0.4) is 0 Å². The van der Waals surface area contributed by atoms with E-state index in [1.54, 1.807) is 0 Å². The Labute approximate surface area is 96.7 Å². The van der Waals surface area contributed by atoms with Crippen LogP contribution in [-0.4, -0.2) is 32.2 Å². The van der Waals surface area contributed by atoms with E-state index in [4.69, 9.17) is 4.74 Å². The first-order valence-electron chi connectivity index (χ1n) is 6.22. The average Bonchev–Trinajstić information content (AvgIpc) is 2.25. The van der Waals surface area contributed by atoms with Gasteiger partial charge in [0.25, 0.3) is 0 Å². The molecule has 16 heavy (non-hydrogen) atoms. The highest BCUT2D eigenvalue weighted by molar-refractivity contribution is 4.84. The second-order valence-corrected chi connectivity index (χ2v) is 4.66. The van der Waals surface area contributed by atoms with Gasteiger partial charge >= 0.3 is 0 Å². The summed E-state index contributed by atoms with van der Waals surface area (Å²) >= 11 is 0. The van der Waals surface area contributed by atoms with E-state index in [0.717, 1.165) is 13.0 Å². The normalized spacial score (nSPS) is 23.2. The number of hydrogen-bond donors (Lipinski definition) is 1. The Bertz CT molecular complexity index is 189. The van der Waals surface area contributed by atoms with Gasteiger partial charge in [-0.05, 0) is 32.2 Å². The molecule has 0 spiro atoms. The molecular formula is C12H23F2NO. The van der Waals surface area contributed by atoms with E-state index in [2.05, 4.69) is 12.2 Å². The van der Waals surface area contributed by atoms with Crippen molar-refractivity contribution in [3.8, 4) is 0 Å². The third-order valence-electron chi connectivity index (χ3n) is 3.35. The number of halogens is 2. The number of rotatable bonds is 6. The zero-order valence-corrected chi connectivity index (χ0v) is 10.3. The lowest BCUT2D eigenvalue weighted by molar-refractivity contribution is -0.0531. The van der Waals surface area contributed by atoms with Crippen molar-refractivity contribution in [2.75, 3.05) is 20.3 Å². The van der Waals surface area contributed by atoms with Crippen LogP contribution in [0.4, 0.5) is 8.78 Å². The Hall–Kier alpha value is -0.220. The van der Waals surface area contributed by atoms with Gasteiger partial charge in [0.15, 0.2) is 0 Å². The molecule has 0 amide bonds. The lowest BCUT2D eigenvalue weighted by Crippen LogP contribution is -2.41. The highest BCUT2D eigenvalue weighted by Gasteiger charge is 2.37. The molecule has 0 bridgehead atoms. The van der Waals surface area contributed by atoms with Gasteiger partial charge in [0.1, 0.15) is 0 Å². The number of likely N-dealkylation sites (N-methyl/N-ethyl adjacent to an activating group) is 1. The Morgan fingerprint density at radius 1 is 1.38 bits per heavy atom. The van der Waals surface area contributed by atoms with Gasteiger partial charge in [0.2, 0.25) is 5.92 Å². The predicted octanol–water partition coefficient (Wildman–Crippen LogP) is 2.83. The molecule has 0 radical (unpaired) electrons. The van der Waals surface area contributed by atoms with Gasteiger partial charge in [-0.15, -0.1) is 0 Å². The summed E-state index contributed by atoms with van der Waals surface area (Å²) in [7, 11) is 1.88. The molecule has 0 saturated heterocycles. The van der Waals surface area contributed by atoms with Crippen LogP contribution in [0.25, 0.3) is 0 Å². The van der Waals surface area contributed by atoms with Crippen molar-refractivity contribution in [1.82, 2.24) is 5.32 Å². The summed E-state index contributed by atoms with van der Waals surface area (Å²) in [6, 6.07) is 0.225. The maximum atomic E-state index is 13.0. The number of hydrogen-bond acceptors (Lipinski definition) is 2. The van der Waals surface area contributed by atoms with Gasteiger partial charge in [0, 0.05) is 25.5 Å². The molecule has 0 heterocycles. The minimum atomic E-state index is -2.43. The van der Waals surface area contributed by atoms with Crippen molar-refractivity contribution in [2.45, 2.75) is 51.0 Å². The third kappa shape index (κ3) is 4.34. The summed E-state index contributed by atoms with van der Waals surface area (Å²) in [6.07, 6.45) is 2.27. The minimum absolute atomic E-state index is 0.0314. The second kappa shape index (κ2) is 6.50. The molecule has 1 rings (SSSR count). The summed E-state index contributed by atoms with van der Waals surface area (Å²) in [5.41, 5.74) is 0. The number of nitrogens with one attached hydrogen (secondary N) is 1. The summed E-state index contributed by atoms with van der Waals surface area (Å²) < 4.78 is 31.5. The van der Waals surface area contributed by atoms with Crippen molar-refractivity contribution in [3.05, 3.63) is 0 Å². The fraction of sp³-hybridized carbons (Fsp3) is 1.00. The van der Waals surface area contributed by atoms with Crippen molar-refractivity contribution >= 4 is 0 Å². The fourth-order valence-corrected chi connectivity index (χ4v) is 2.27. The Morgan fingerprint density at radius 3 is 2.50 bits per heavy atom. The number of alkyl halides is 2. The van der Waals surface area contributed by atoms with Crippen LogP contribution in [0.15, 0.2) is 0 Å². The molecule has 0 aromatic rings. The van der Waals surface area contributed by atoms with Gasteiger partial charge in [-0.1, -0.05) is 6.92 Å². The SMILES string of the molecule is CCCOCC(NC)C1CCC(F)(F)CC1. The molecule has 1 aliphatic rings. The third-order valence-corrected chi connectivity index (χ3v) is 3.35. The first-order valence-corrected chi connectivity index (χ1v) is 6.22. The van der Waals surface area contributed by atoms with Crippen molar-refractivity contribution < 1.29 is 13.5 Å². The molecule has 1 N–H and O–H groups in total. The summed E-state index contributed by atoms with van der Waals surface area (Å²) in [5, 5.41) is 3.19. The Morgan fingerprint density at radius 2 is 2.00 bits per heavy atom. The van der Waals surface area contributed by atoms with E-state index in [-0.39, 0.29) is 18.9 Å². The first kappa shape index (κ1) is 13.8. The highest BCUT2D eigenvalue weighted by Crippen LogP contribution is 2.37. The van der Waals surface area contributed by atoms with Gasteiger partial charge in [-0.25, -0.2) is 8.78 Å². The van der Waals surface area contributed by atoms with Crippen LogP contribution in [0, 0.1) is 5.92 Å². The molecule has 0 aliphatic heterocycles. The summed E-state index contributed by atoms with van der Waals surface area (Å²) in [6.45, 7) is 3.46. The molecule has 4 heteroatoms. The Kier molecular flexibility index (Phi) is 5.62. The molecule has 1 fully saturated rings. The zero-order valence-electron chi connectivity index (χ0n) is 10.3. The lowest BCUT2D eigenvalue weighted by atomic mass is 9.82. The molecule has 1 saturated carbocycles. The molecule has 1 aliphatic carbocycles. The molecule has 1 unspecified atom stereocenters. The largest absolute Gasteiger partial charge is 0.380 e. The fourth-order valence-electron chi connectivity index (χ4n) is 2.27. The van der Waals surface area contributed by atoms with Gasteiger partial charge < -0.3 is 10.1 Å². The second-order valence-electron chi connectivity index (χ2n) is 4.66. The molecule has 2 nitrogen and oxygen atoms in total. The maximum Gasteiger partial charge on any atom is 0.248 e. The molecule has 96 valence electrons. The van der Waals surface area contributed by atoms with Gasteiger partial charge in [-0.2, -0.15) is 0 Å². The van der Waals surface area contributed by atoms with Crippen LogP contribution in [0.2, 0.25) is 0 Å². The molecule has 1 atom stereocenters. The van der Waals surface area contributed by atoms with E-state index in [9.17, 15) is 8.78 Å². The minimum Gasteiger partial charge on any atom is -0.380 e. The van der Waals surface area contributed by atoms with Gasteiger partial charge in [-0.3, -0.25) is 0 Å². The number of ether oxygens (including phenoxy) is 1. The van der Waals surface area contributed by atoms with Crippen molar-refractivity contribution in [2.24, 2.45) is 5.92 Å². The van der Waals surface area contributed by atoms with E-state index >= 15 is 0 Å². The van der Waals surface area contributed by atoms with Crippen LogP contribution in [-0.2, 0) is 4.74 Å². The average molecular weight is 235 g/mol. The Balaban J connectivity index is 2.31. The summed E-state index contributed by atoms with van der Waals surface area (Å²) in [4.78, 5) is 0. The first-order chi connectivity index (χ1) is 7.59. The summed E-state index contributed by atoms with van der Waals surface area (Å²) in [5.74, 6) is -2.10. The van der Waals surface area contributed by atoms with E-state index in [1.165, 1.54) is 0 Å². The van der Waals surface area contributed by atoms with Crippen LogP contribution in [0.5, 0.6) is 0 Å². The van der Waals surface area contributed by atoms with Crippen molar-refractivity contribution in [3.63, 3.8) is 0 Å². The van der Waals surface area contributed by atoms with E-state index < -0.39 is 5.92 Å². The predicted molar refractivity (Wildman–Crippen MR) is 60.9 cm³/mol. The monoisotopic (exact) mass is 235 g/mol. The maximum absolute atomic E-state index is 13.0. The van der Waals surface area contributed by atoms with Crippen LogP contribution in [0.1, 0.15) is 39.0 Å². The smallest absolute Gasteiger partial charge is 0.248 e. The quantitative estimate of drug-likeness (QED) is 0.715. The molecule has 0 aromatic heterocycles. The molecular weight excluding hydrogens is 212 g/mol. The van der Waals surface area contributed by atoms with E-state index in [0.29, 0.717) is 25.4 Å². The van der Waals surface area contributed by atoms with Crippen LogP contribution >= 0.6 is 0 Å². The van der Waals surface area contributed by atoms with E-state index in [1.807, 2.05) is 7.05 Å². The molecule has 0 aromatic carbocycles. The highest BCUT2D eigenvalue weighted by atomic mass is 19.3. The van der Waals surface area contributed by atoms with Crippen molar-refractivity contribution in [1.29, 1.82) is 0 Å². The zero-order chi connectivity index (χ0) is 12.0. The lowest BCUT2D eigenvalue weighted by Gasteiger charge is -2.33. The standard InChI is InChI=1S/C12H23F2NO/c1-3-8-16-9-11(15-2)10-4-6-12(13,14)7-5-10/h10-11,15H,3-9H2,1-2H3. The van der Waals surface area contributed by atoms with Crippen LogP contribution < -0.4 is 5.32 Å².